The third kappa shape index (κ3) is 6.26. The van der Waals surface area contributed by atoms with Crippen molar-refractivity contribution in [1.29, 1.82) is 0 Å². The van der Waals surface area contributed by atoms with Gasteiger partial charge in [-0.1, -0.05) is 36.4 Å². The number of hydrogen-bond acceptors (Lipinski definition) is 5. The lowest BCUT2D eigenvalue weighted by atomic mass is 10.1. The first-order chi connectivity index (χ1) is 13.0. The fourth-order valence-corrected chi connectivity index (χ4v) is 2.52. The van der Waals surface area contributed by atoms with Gasteiger partial charge in [0, 0.05) is 19.0 Å². The highest BCUT2D eigenvalue weighted by Gasteiger charge is 2.15. The number of nitrogens with one attached hydrogen (secondary N) is 1. The largest absolute Gasteiger partial charge is 0.496 e. The van der Waals surface area contributed by atoms with Crippen LogP contribution in [0.15, 0.2) is 48.5 Å². The molecule has 0 aliphatic carbocycles. The number of benzene rings is 2. The van der Waals surface area contributed by atoms with Crippen molar-refractivity contribution < 1.29 is 23.9 Å². The van der Waals surface area contributed by atoms with Crippen LogP contribution in [0.2, 0.25) is 0 Å². The van der Waals surface area contributed by atoms with Gasteiger partial charge in [-0.05, 0) is 30.5 Å². The van der Waals surface area contributed by atoms with E-state index in [9.17, 15) is 14.4 Å². The minimum Gasteiger partial charge on any atom is -0.496 e. The number of aryl methyl sites for hydroxylation is 1. The zero-order chi connectivity index (χ0) is 19.6. The molecule has 0 fully saturated rings. The Morgan fingerprint density at radius 2 is 1.70 bits per heavy atom. The summed E-state index contributed by atoms with van der Waals surface area (Å²) in [6, 6.07) is 13.8. The minimum absolute atomic E-state index is 0.0429. The standard InChI is InChI=1S/C21H23NO5/c1-15(23)22-13-5-6-16-9-11-17(12-10-16)19(24)14-27-21(25)18-7-3-4-8-20(18)26-2/h3-4,7-12H,5-6,13-14H2,1-2H3,(H,22,23). The van der Waals surface area contributed by atoms with Gasteiger partial charge in [-0.15, -0.1) is 0 Å². The number of esters is 1. The third-order valence-corrected chi connectivity index (χ3v) is 3.95. The van der Waals surface area contributed by atoms with E-state index in [1.54, 1.807) is 36.4 Å². The molecule has 0 aliphatic rings. The second kappa shape index (κ2) is 10.1. The van der Waals surface area contributed by atoms with Gasteiger partial charge in [-0.25, -0.2) is 4.79 Å². The van der Waals surface area contributed by atoms with Crippen LogP contribution in [0.5, 0.6) is 5.75 Å². The first-order valence-corrected chi connectivity index (χ1v) is 8.68. The predicted octanol–water partition coefficient (Wildman–Crippen LogP) is 2.80. The molecule has 1 amide bonds. The SMILES string of the molecule is COc1ccccc1C(=O)OCC(=O)c1ccc(CCCNC(C)=O)cc1. The quantitative estimate of drug-likeness (QED) is 0.418. The molecule has 2 rings (SSSR count). The average molecular weight is 369 g/mol. The van der Waals surface area contributed by atoms with Crippen LogP contribution in [0.1, 0.15) is 39.6 Å². The highest BCUT2D eigenvalue weighted by Crippen LogP contribution is 2.18. The third-order valence-electron chi connectivity index (χ3n) is 3.95. The Bertz CT molecular complexity index is 798. The molecule has 0 spiro atoms. The van der Waals surface area contributed by atoms with E-state index in [4.69, 9.17) is 9.47 Å². The molecule has 2 aromatic rings. The molecule has 0 atom stereocenters. The lowest BCUT2D eigenvalue weighted by molar-refractivity contribution is -0.118. The summed E-state index contributed by atoms with van der Waals surface area (Å²) in [5, 5.41) is 2.74. The van der Waals surface area contributed by atoms with Crippen molar-refractivity contribution in [2.45, 2.75) is 19.8 Å². The smallest absolute Gasteiger partial charge is 0.342 e. The fourth-order valence-electron chi connectivity index (χ4n) is 2.52. The van der Waals surface area contributed by atoms with Crippen LogP contribution in [0.4, 0.5) is 0 Å². The van der Waals surface area contributed by atoms with Gasteiger partial charge in [0.15, 0.2) is 12.4 Å². The zero-order valence-corrected chi connectivity index (χ0v) is 15.5. The second-order valence-corrected chi connectivity index (χ2v) is 5.98. The maximum atomic E-state index is 12.2. The number of hydrogen-bond donors (Lipinski definition) is 1. The Hall–Kier alpha value is -3.15. The van der Waals surface area contributed by atoms with Crippen LogP contribution in [0.3, 0.4) is 0 Å². The van der Waals surface area contributed by atoms with Crippen molar-refractivity contribution in [3.05, 3.63) is 65.2 Å². The van der Waals surface area contributed by atoms with Gasteiger partial charge in [0.2, 0.25) is 5.91 Å². The summed E-state index contributed by atoms with van der Waals surface area (Å²) in [5.41, 5.74) is 1.83. The van der Waals surface area contributed by atoms with Gasteiger partial charge in [-0.2, -0.15) is 0 Å². The summed E-state index contributed by atoms with van der Waals surface area (Å²) < 4.78 is 10.2. The lowest BCUT2D eigenvalue weighted by Crippen LogP contribution is -2.21. The van der Waals surface area contributed by atoms with Crippen molar-refractivity contribution in [2.75, 3.05) is 20.3 Å². The van der Waals surface area contributed by atoms with Gasteiger partial charge in [0.05, 0.1) is 7.11 Å². The number of Topliss-reactive ketones (excluding diaryl/α,β-unsaturated/α-hetero) is 1. The van der Waals surface area contributed by atoms with Crippen LogP contribution < -0.4 is 10.1 Å². The summed E-state index contributed by atoms with van der Waals surface area (Å²) in [6.07, 6.45) is 1.63. The van der Waals surface area contributed by atoms with Crippen LogP contribution in [-0.4, -0.2) is 37.9 Å². The number of carbonyl (C=O) groups is 3. The Morgan fingerprint density at radius 1 is 1.00 bits per heavy atom. The van der Waals surface area contributed by atoms with E-state index in [2.05, 4.69) is 5.32 Å². The van der Waals surface area contributed by atoms with Crippen molar-refractivity contribution >= 4 is 17.7 Å². The molecule has 0 aromatic heterocycles. The Morgan fingerprint density at radius 3 is 2.37 bits per heavy atom. The molecule has 27 heavy (non-hydrogen) atoms. The Labute approximate surface area is 158 Å². The van der Waals surface area contributed by atoms with Crippen LogP contribution in [0, 0.1) is 0 Å². The van der Waals surface area contributed by atoms with Crippen molar-refractivity contribution in [3.8, 4) is 5.75 Å². The molecule has 142 valence electrons. The van der Waals surface area contributed by atoms with Crippen LogP contribution >= 0.6 is 0 Å². The molecule has 0 bridgehead atoms. The normalized spacial score (nSPS) is 10.1. The van der Waals surface area contributed by atoms with E-state index in [0.29, 0.717) is 17.9 Å². The van der Waals surface area contributed by atoms with E-state index in [-0.39, 0.29) is 23.9 Å². The lowest BCUT2D eigenvalue weighted by Gasteiger charge is -2.08. The van der Waals surface area contributed by atoms with Crippen molar-refractivity contribution in [2.24, 2.45) is 0 Å². The molecule has 0 unspecified atom stereocenters. The van der Waals surface area contributed by atoms with Crippen molar-refractivity contribution in [3.63, 3.8) is 0 Å². The van der Waals surface area contributed by atoms with Gasteiger partial charge in [0.25, 0.3) is 0 Å². The van der Waals surface area contributed by atoms with Crippen LogP contribution in [0.25, 0.3) is 0 Å². The molecule has 1 N–H and O–H groups in total. The van der Waals surface area contributed by atoms with Crippen molar-refractivity contribution in [1.82, 2.24) is 5.32 Å². The second-order valence-electron chi connectivity index (χ2n) is 5.98. The monoisotopic (exact) mass is 369 g/mol. The number of methoxy groups -OCH3 is 1. The van der Waals surface area contributed by atoms with E-state index in [1.807, 2.05) is 12.1 Å². The van der Waals surface area contributed by atoms with E-state index in [0.717, 1.165) is 18.4 Å². The Balaban J connectivity index is 1.85. The maximum absolute atomic E-state index is 12.2. The molecule has 0 radical (unpaired) electrons. The molecular weight excluding hydrogens is 346 g/mol. The Kier molecular flexibility index (Phi) is 7.55. The predicted molar refractivity (Wildman–Crippen MR) is 101 cm³/mol. The molecule has 2 aromatic carbocycles. The molecule has 0 saturated heterocycles. The number of carbonyl (C=O) groups excluding carboxylic acids is 3. The molecule has 0 heterocycles. The molecule has 6 nitrogen and oxygen atoms in total. The van der Waals surface area contributed by atoms with E-state index < -0.39 is 5.97 Å². The van der Waals surface area contributed by atoms with Gasteiger partial charge < -0.3 is 14.8 Å². The van der Waals surface area contributed by atoms with E-state index >= 15 is 0 Å². The van der Waals surface area contributed by atoms with Gasteiger partial charge >= 0.3 is 5.97 Å². The van der Waals surface area contributed by atoms with Gasteiger partial charge in [-0.3, -0.25) is 9.59 Å². The maximum Gasteiger partial charge on any atom is 0.342 e. The molecular formula is C21H23NO5. The summed E-state index contributed by atoms with van der Waals surface area (Å²) in [5.74, 6) is -0.518. The number of ketones is 1. The van der Waals surface area contributed by atoms with Gasteiger partial charge in [0.1, 0.15) is 11.3 Å². The number of para-hydroxylation sites is 1. The first kappa shape index (κ1) is 20.2. The van der Waals surface area contributed by atoms with Crippen LogP contribution in [-0.2, 0) is 16.0 Å². The zero-order valence-electron chi connectivity index (χ0n) is 15.5. The fraction of sp³-hybridized carbons (Fsp3) is 0.286. The van der Waals surface area contributed by atoms with E-state index in [1.165, 1.54) is 14.0 Å². The highest BCUT2D eigenvalue weighted by molar-refractivity contribution is 6.00. The first-order valence-electron chi connectivity index (χ1n) is 8.68. The minimum atomic E-state index is -0.601. The number of amides is 1. The topological polar surface area (TPSA) is 81.7 Å². The molecule has 0 aliphatic heterocycles. The summed E-state index contributed by atoms with van der Waals surface area (Å²) >= 11 is 0. The molecule has 6 heteroatoms. The summed E-state index contributed by atoms with van der Waals surface area (Å²) in [4.78, 5) is 35.2. The number of rotatable bonds is 9. The number of ether oxygens (including phenoxy) is 2. The highest BCUT2D eigenvalue weighted by atomic mass is 16.5. The summed E-state index contributed by atoms with van der Waals surface area (Å²) in [7, 11) is 1.47. The average Bonchev–Trinajstić information content (AvgIpc) is 2.69. The molecule has 0 saturated carbocycles. The summed E-state index contributed by atoms with van der Waals surface area (Å²) in [6.45, 7) is 1.77.